The van der Waals surface area contributed by atoms with Crippen LogP contribution in [0.2, 0.25) is 0 Å². The second-order valence-electron chi connectivity index (χ2n) is 6.24. The summed E-state index contributed by atoms with van der Waals surface area (Å²) in [5.74, 6) is 2.46. The van der Waals surface area contributed by atoms with Crippen molar-refractivity contribution in [2.75, 3.05) is 40.5 Å². The first kappa shape index (κ1) is 16.9. The average Bonchev–Trinajstić information content (AvgIpc) is 3.08. The minimum absolute atomic E-state index is 0.483. The number of hydrogen-bond donors (Lipinski definition) is 0. The lowest BCUT2D eigenvalue weighted by Gasteiger charge is -2.31. The van der Waals surface area contributed by atoms with E-state index in [9.17, 15) is 0 Å². The standard InChI is InChI=1S/C18H26N4O2/c1-23-11-10-21-8-6-16(7-9-21)18-19-14-20-22(18)13-15-4-3-5-17(12-15)24-2/h3-5,12,14,16H,6-11,13H2,1-2H3. The zero-order chi connectivity index (χ0) is 16.8. The van der Waals surface area contributed by atoms with Crippen LogP contribution in [0.25, 0.3) is 0 Å². The van der Waals surface area contributed by atoms with E-state index in [1.807, 2.05) is 16.8 Å². The molecule has 1 fully saturated rings. The Morgan fingerprint density at radius 3 is 2.79 bits per heavy atom. The van der Waals surface area contributed by atoms with E-state index in [-0.39, 0.29) is 0 Å². The Kier molecular flexibility index (Phi) is 5.82. The highest BCUT2D eigenvalue weighted by Crippen LogP contribution is 2.26. The molecule has 2 heterocycles. The third-order valence-corrected chi connectivity index (χ3v) is 4.68. The van der Waals surface area contributed by atoms with Gasteiger partial charge in [-0.25, -0.2) is 9.67 Å². The summed E-state index contributed by atoms with van der Waals surface area (Å²) in [6.07, 6.45) is 3.92. The zero-order valence-electron chi connectivity index (χ0n) is 14.5. The van der Waals surface area contributed by atoms with Gasteiger partial charge >= 0.3 is 0 Å². The first-order valence-electron chi connectivity index (χ1n) is 8.52. The number of rotatable bonds is 7. The lowest BCUT2D eigenvalue weighted by molar-refractivity contribution is 0.129. The normalized spacial score (nSPS) is 16.4. The molecular weight excluding hydrogens is 304 g/mol. The third-order valence-electron chi connectivity index (χ3n) is 4.68. The maximum absolute atomic E-state index is 5.30. The van der Waals surface area contributed by atoms with Crippen LogP contribution in [0.4, 0.5) is 0 Å². The van der Waals surface area contributed by atoms with Crippen molar-refractivity contribution < 1.29 is 9.47 Å². The second kappa shape index (κ2) is 8.26. The van der Waals surface area contributed by atoms with E-state index in [0.717, 1.165) is 57.2 Å². The average molecular weight is 330 g/mol. The number of hydrogen-bond acceptors (Lipinski definition) is 5. The van der Waals surface area contributed by atoms with Gasteiger partial charge in [0.05, 0.1) is 20.3 Å². The molecule has 2 aromatic rings. The summed E-state index contributed by atoms with van der Waals surface area (Å²) in [6, 6.07) is 8.13. The van der Waals surface area contributed by atoms with E-state index in [1.54, 1.807) is 20.5 Å². The number of piperidine rings is 1. The second-order valence-corrected chi connectivity index (χ2v) is 6.24. The first-order valence-corrected chi connectivity index (χ1v) is 8.52. The predicted octanol–water partition coefficient (Wildman–Crippen LogP) is 2.16. The van der Waals surface area contributed by atoms with Crippen LogP contribution in [-0.2, 0) is 11.3 Å². The van der Waals surface area contributed by atoms with Crippen LogP contribution >= 0.6 is 0 Å². The highest BCUT2D eigenvalue weighted by molar-refractivity contribution is 5.28. The molecule has 0 bridgehead atoms. The minimum atomic E-state index is 0.483. The molecule has 6 nitrogen and oxygen atoms in total. The molecule has 0 unspecified atom stereocenters. The van der Waals surface area contributed by atoms with E-state index in [1.165, 1.54) is 5.56 Å². The van der Waals surface area contributed by atoms with Crippen LogP contribution in [-0.4, -0.2) is 60.1 Å². The van der Waals surface area contributed by atoms with Gasteiger partial charge in [0, 0.05) is 19.6 Å². The molecule has 0 saturated carbocycles. The molecule has 0 atom stereocenters. The molecule has 0 radical (unpaired) electrons. The highest BCUT2D eigenvalue weighted by Gasteiger charge is 2.24. The van der Waals surface area contributed by atoms with Gasteiger partial charge in [0.15, 0.2) is 0 Å². The fourth-order valence-electron chi connectivity index (χ4n) is 3.29. The first-order chi connectivity index (χ1) is 11.8. The Morgan fingerprint density at radius 1 is 1.21 bits per heavy atom. The van der Waals surface area contributed by atoms with Gasteiger partial charge in [0.1, 0.15) is 17.9 Å². The van der Waals surface area contributed by atoms with Gasteiger partial charge in [0.2, 0.25) is 0 Å². The summed E-state index contributed by atoms with van der Waals surface area (Å²) in [6.45, 7) is 4.74. The molecule has 3 rings (SSSR count). The predicted molar refractivity (Wildman–Crippen MR) is 92.4 cm³/mol. The van der Waals surface area contributed by atoms with Gasteiger partial charge in [-0.2, -0.15) is 5.10 Å². The lowest BCUT2D eigenvalue weighted by atomic mass is 9.96. The summed E-state index contributed by atoms with van der Waals surface area (Å²) in [4.78, 5) is 7.00. The Hall–Kier alpha value is -1.92. The summed E-state index contributed by atoms with van der Waals surface area (Å²) >= 11 is 0. The molecule has 0 N–H and O–H groups in total. The topological polar surface area (TPSA) is 52.4 Å². The van der Waals surface area contributed by atoms with Crippen molar-refractivity contribution in [1.29, 1.82) is 0 Å². The van der Waals surface area contributed by atoms with Gasteiger partial charge in [-0.15, -0.1) is 0 Å². The van der Waals surface area contributed by atoms with Crippen molar-refractivity contribution in [1.82, 2.24) is 19.7 Å². The molecule has 24 heavy (non-hydrogen) atoms. The van der Waals surface area contributed by atoms with Crippen LogP contribution in [0, 0.1) is 0 Å². The van der Waals surface area contributed by atoms with Gasteiger partial charge in [-0.05, 0) is 43.6 Å². The smallest absolute Gasteiger partial charge is 0.138 e. The Bertz CT molecular complexity index is 635. The van der Waals surface area contributed by atoms with E-state index in [2.05, 4.69) is 27.1 Å². The molecule has 6 heteroatoms. The molecule has 0 amide bonds. The number of nitrogens with zero attached hydrogens (tertiary/aromatic N) is 4. The molecular formula is C18H26N4O2. The summed E-state index contributed by atoms with van der Waals surface area (Å²) in [5.41, 5.74) is 1.18. The highest BCUT2D eigenvalue weighted by atomic mass is 16.5. The fourth-order valence-corrected chi connectivity index (χ4v) is 3.29. The molecule has 1 aromatic heterocycles. The summed E-state index contributed by atoms with van der Waals surface area (Å²) < 4.78 is 12.5. The third kappa shape index (κ3) is 4.13. The van der Waals surface area contributed by atoms with Crippen LogP contribution in [0.5, 0.6) is 5.75 Å². The number of benzene rings is 1. The SMILES string of the molecule is COCCN1CCC(c2ncnn2Cc2cccc(OC)c2)CC1. The molecule has 130 valence electrons. The zero-order valence-corrected chi connectivity index (χ0v) is 14.5. The summed E-state index contributed by atoms with van der Waals surface area (Å²) in [7, 11) is 3.45. The van der Waals surface area contributed by atoms with Crippen LogP contribution < -0.4 is 4.74 Å². The summed E-state index contributed by atoms with van der Waals surface area (Å²) in [5, 5.41) is 4.44. The lowest BCUT2D eigenvalue weighted by Crippen LogP contribution is -2.36. The monoisotopic (exact) mass is 330 g/mol. The number of methoxy groups -OCH3 is 2. The minimum Gasteiger partial charge on any atom is -0.497 e. The Balaban J connectivity index is 1.63. The van der Waals surface area contributed by atoms with E-state index >= 15 is 0 Å². The van der Waals surface area contributed by atoms with Gasteiger partial charge in [0.25, 0.3) is 0 Å². The Labute approximate surface area is 143 Å². The molecule has 1 saturated heterocycles. The van der Waals surface area contributed by atoms with Crippen molar-refractivity contribution >= 4 is 0 Å². The largest absolute Gasteiger partial charge is 0.497 e. The van der Waals surface area contributed by atoms with Crippen molar-refractivity contribution in [3.8, 4) is 5.75 Å². The van der Waals surface area contributed by atoms with E-state index in [4.69, 9.17) is 9.47 Å². The van der Waals surface area contributed by atoms with Crippen molar-refractivity contribution in [3.63, 3.8) is 0 Å². The molecule has 0 spiro atoms. The van der Waals surface area contributed by atoms with Crippen LogP contribution in [0.15, 0.2) is 30.6 Å². The fraction of sp³-hybridized carbons (Fsp3) is 0.556. The Morgan fingerprint density at radius 2 is 2.04 bits per heavy atom. The molecule has 1 aromatic carbocycles. The molecule has 1 aliphatic heterocycles. The number of likely N-dealkylation sites (tertiary alicyclic amines) is 1. The quantitative estimate of drug-likeness (QED) is 0.779. The van der Waals surface area contributed by atoms with Gasteiger partial charge in [-0.1, -0.05) is 12.1 Å². The maximum atomic E-state index is 5.30. The maximum Gasteiger partial charge on any atom is 0.138 e. The van der Waals surface area contributed by atoms with Crippen LogP contribution in [0.1, 0.15) is 30.1 Å². The number of ether oxygens (including phenoxy) is 2. The van der Waals surface area contributed by atoms with Crippen LogP contribution in [0.3, 0.4) is 0 Å². The van der Waals surface area contributed by atoms with Gasteiger partial charge < -0.3 is 14.4 Å². The van der Waals surface area contributed by atoms with E-state index in [0.29, 0.717) is 5.92 Å². The molecule has 0 aliphatic carbocycles. The molecule has 1 aliphatic rings. The van der Waals surface area contributed by atoms with E-state index < -0.39 is 0 Å². The van der Waals surface area contributed by atoms with Gasteiger partial charge in [-0.3, -0.25) is 0 Å². The van der Waals surface area contributed by atoms with Crippen molar-refractivity contribution in [2.24, 2.45) is 0 Å². The van der Waals surface area contributed by atoms with Crippen molar-refractivity contribution in [3.05, 3.63) is 42.0 Å². The number of aromatic nitrogens is 3. The van der Waals surface area contributed by atoms with Crippen molar-refractivity contribution in [2.45, 2.75) is 25.3 Å².